The minimum atomic E-state index is -1.99. The van der Waals surface area contributed by atoms with Gasteiger partial charge in [0, 0.05) is 6.54 Å². The van der Waals surface area contributed by atoms with E-state index in [2.05, 4.69) is 0 Å². The molecule has 4 N–H and O–H groups in total. The fraction of sp³-hybridized carbons (Fsp3) is 0.750. The number of rotatable bonds is 3. The maximum absolute atomic E-state index is 12.0. The predicted octanol–water partition coefficient (Wildman–Crippen LogP) is -1.27. The number of carbonyl (C=O) groups is 1. The van der Waals surface area contributed by atoms with Gasteiger partial charge in [0.05, 0.1) is 0 Å². The molecule has 0 amide bonds. The highest BCUT2D eigenvalue weighted by molar-refractivity contribution is 5.72. The van der Waals surface area contributed by atoms with Gasteiger partial charge in [-0.05, 0) is 0 Å². The van der Waals surface area contributed by atoms with Crippen LogP contribution >= 0.6 is 0 Å². The number of hydrogen-bond acceptors (Lipinski definition) is 3. The van der Waals surface area contributed by atoms with Crippen LogP contribution in [-0.4, -0.2) is 35.0 Å². The maximum atomic E-state index is 12.0. The average Bonchev–Trinajstić information content (AvgIpc) is 1.84. The van der Waals surface area contributed by atoms with E-state index < -0.39 is 24.8 Å². The summed E-state index contributed by atoms with van der Waals surface area (Å²) in [5, 5.41) is 16.3. The fourth-order valence-corrected chi connectivity index (χ4v) is 0.284. The normalized spacial score (nSPS) is 16.8. The first kappa shape index (κ1) is 8.32. The van der Waals surface area contributed by atoms with Crippen molar-refractivity contribution in [3.8, 4) is 0 Å². The van der Waals surface area contributed by atoms with Crippen molar-refractivity contribution in [3.63, 3.8) is 0 Å². The van der Waals surface area contributed by atoms with Gasteiger partial charge in [-0.15, -0.1) is 0 Å². The summed E-state index contributed by atoms with van der Waals surface area (Å²) >= 11 is 0. The lowest BCUT2D eigenvalue weighted by molar-refractivity contribution is -0.149. The number of carboxylic acids is 1. The lowest BCUT2D eigenvalue weighted by Crippen LogP contribution is -2.35. The van der Waals surface area contributed by atoms with E-state index in [-0.39, 0.29) is 0 Å². The molecular weight excluding hydrogens is 129 g/mol. The topological polar surface area (TPSA) is 83.5 Å². The van der Waals surface area contributed by atoms with Crippen molar-refractivity contribution in [2.24, 2.45) is 5.73 Å². The van der Waals surface area contributed by atoms with E-state index in [1.54, 1.807) is 0 Å². The van der Waals surface area contributed by atoms with Gasteiger partial charge in [-0.2, -0.15) is 0 Å². The average molecular weight is 137 g/mol. The highest BCUT2D eigenvalue weighted by Gasteiger charge is 2.23. The second-order valence-corrected chi connectivity index (χ2v) is 1.53. The molecule has 0 fully saturated rings. The molecule has 0 unspecified atom stereocenters. The molecule has 4 nitrogen and oxygen atoms in total. The van der Waals surface area contributed by atoms with Crippen LogP contribution in [-0.2, 0) is 4.79 Å². The molecule has 0 spiro atoms. The molecule has 0 aromatic rings. The first-order valence-corrected chi connectivity index (χ1v) is 2.34. The number of hydrogen-bond donors (Lipinski definition) is 3. The maximum Gasteiger partial charge on any atom is 0.335 e. The van der Waals surface area contributed by atoms with Crippen LogP contribution < -0.4 is 5.73 Å². The molecule has 0 saturated heterocycles. The summed E-state index contributed by atoms with van der Waals surface area (Å²) in [4.78, 5) is 9.75. The number of halogens is 1. The zero-order valence-electron chi connectivity index (χ0n) is 4.62. The first-order valence-electron chi connectivity index (χ1n) is 2.34. The Morgan fingerprint density at radius 1 is 1.78 bits per heavy atom. The van der Waals surface area contributed by atoms with Gasteiger partial charge in [-0.25, -0.2) is 9.18 Å². The lowest BCUT2D eigenvalue weighted by Gasteiger charge is -2.07. The van der Waals surface area contributed by atoms with Crippen molar-refractivity contribution >= 4 is 5.97 Å². The third kappa shape index (κ3) is 2.39. The molecule has 0 aliphatic rings. The van der Waals surface area contributed by atoms with Crippen LogP contribution in [0.3, 0.4) is 0 Å². The zero-order chi connectivity index (χ0) is 7.44. The van der Waals surface area contributed by atoms with Crippen molar-refractivity contribution in [2.45, 2.75) is 12.3 Å². The van der Waals surface area contributed by atoms with Gasteiger partial charge in [0.2, 0.25) is 0 Å². The summed E-state index contributed by atoms with van der Waals surface area (Å²) in [5.41, 5.74) is 4.71. The molecule has 2 atom stereocenters. The van der Waals surface area contributed by atoms with Gasteiger partial charge in [0.1, 0.15) is 6.17 Å². The minimum Gasteiger partial charge on any atom is -0.479 e. The van der Waals surface area contributed by atoms with Gasteiger partial charge in [-0.3, -0.25) is 0 Å². The standard InChI is InChI=1S/C4H8FNO3/c5-2(1-6)3(7)4(8)9/h2-3,7H,1,6H2,(H,8,9)/t2-,3+/m1/s1. The van der Waals surface area contributed by atoms with E-state index in [4.69, 9.17) is 15.9 Å². The molecule has 0 rings (SSSR count). The molecule has 0 bridgehead atoms. The fourth-order valence-electron chi connectivity index (χ4n) is 0.284. The summed E-state index contributed by atoms with van der Waals surface area (Å²) < 4.78 is 12.0. The molecule has 0 aliphatic carbocycles. The number of carboxylic acid groups (broad SMARTS) is 1. The molecule has 0 aromatic heterocycles. The van der Waals surface area contributed by atoms with Crippen LogP contribution in [0.15, 0.2) is 0 Å². The van der Waals surface area contributed by atoms with E-state index >= 15 is 0 Å². The molecule has 0 aliphatic heterocycles. The molecule has 0 radical (unpaired) electrons. The van der Waals surface area contributed by atoms with Crippen LogP contribution in [0.25, 0.3) is 0 Å². The van der Waals surface area contributed by atoms with E-state index in [0.717, 1.165) is 0 Å². The number of aliphatic hydroxyl groups excluding tert-OH is 1. The van der Waals surface area contributed by atoms with Crippen LogP contribution in [0.1, 0.15) is 0 Å². The van der Waals surface area contributed by atoms with Crippen LogP contribution in [0.2, 0.25) is 0 Å². The Balaban J connectivity index is 3.72. The van der Waals surface area contributed by atoms with Crippen LogP contribution in [0, 0.1) is 0 Å². The van der Waals surface area contributed by atoms with Gasteiger partial charge in [0.15, 0.2) is 6.10 Å². The highest BCUT2D eigenvalue weighted by Crippen LogP contribution is 1.95. The van der Waals surface area contributed by atoms with E-state index in [1.165, 1.54) is 0 Å². The van der Waals surface area contributed by atoms with Crippen molar-refractivity contribution in [2.75, 3.05) is 6.54 Å². The number of nitrogens with two attached hydrogens (primary N) is 1. The highest BCUT2D eigenvalue weighted by atomic mass is 19.1. The molecule has 0 heterocycles. The van der Waals surface area contributed by atoms with E-state index in [9.17, 15) is 9.18 Å². The Bertz CT molecular complexity index is 108. The van der Waals surface area contributed by atoms with Crippen molar-refractivity contribution in [1.82, 2.24) is 0 Å². The molecule has 0 saturated carbocycles. The third-order valence-electron chi connectivity index (χ3n) is 0.821. The van der Waals surface area contributed by atoms with Gasteiger partial charge in [-0.1, -0.05) is 0 Å². The van der Waals surface area contributed by atoms with Crippen molar-refractivity contribution < 1.29 is 19.4 Å². The quantitative estimate of drug-likeness (QED) is 0.452. The number of aliphatic carboxylic acids is 1. The molecular formula is C4H8FNO3. The Hall–Kier alpha value is -0.680. The zero-order valence-corrected chi connectivity index (χ0v) is 4.62. The van der Waals surface area contributed by atoms with Gasteiger partial charge < -0.3 is 15.9 Å². The summed E-state index contributed by atoms with van der Waals surface area (Å²) in [6.45, 7) is -0.479. The SMILES string of the molecule is NC[C@@H](F)[C@H](O)C(=O)O. The molecule has 54 valence electrons. The second-order valence-electron chi connectivity index (χ2n) is 1.53. The Morgan fingerprint density at radius 3 is 2.33 bits per heavy atom. The largest absolute Gasteiger partial charge is 0.479 e. The predicted molar refractivity (Wildman–Crippen MR) is 27.6 cm³/mol. The summed E-state index contributed by atoms with van der Waals surface area (Å²) in [7, 11) is 0. The Kier molecular flexibility index (Phi) is 3.11. The molecule has 9 heavy (non-hydrogen) atoms. The molecule has 5 heteroatoms. The first-order chi connectivity index (χ1) is 4.09. The Labute approximate surface area is 51.1 Å². The lowest BCUT2D eigenvalue weighted by atomic mass is 10.2. The van der Waals surface area contributed by atoms with Crippen molar-refractivity contribution in [1.29, 1.82) is 0 Å². The minimum absolute atomic E-state index is 0.479. The summed E-state index contributed by atoms with van der Waals surface area (Å²) in [6.07, 6.45) is -3.86. The Morgan fingerprint density at radius 2 is 2.22 bits per heavy atom. The number of alkyl halides is 1. The second kappa shape index (κ2) is 3.37. The van der Waals surface area contributed by atoms with E-state index in [0.29, 0.717) is 0 Å². The smallest absolute Gasteiger partial charge is 0.335 e. The third-order valence-corrected chi connectivity index (χ3v) is 0.821. The van der Waals surface area contributed by atoms with Crippen LogP contribution in [0.4, 0.5) is 4.39 Å². The van der Waals surface area contributed by atoms with Gasteiger partial charge in [0.25, 0.3) is 0 Å². The van der Waals surface area contributed by atoms with Gasteiger partial charge >= 0.3 is 5.97 Å². The monoisotopic (exact) mass is 137 g/mol. The summed E-state index contributed by atoms with van der Waals surface area (Å²) in [5.74, 6) is -1.59. The molecule has 0 aromatic carbocycles. The van der Waals surface area contributed by atoms with Crippen molar-refractivity contribution in [3.05, 3.63) is 0 Å². The summed E-state index contributed by atoms with van der Waals surface area (Å²) in [6, 6.07) is 0. The number of aliphatic hydroxyl groups is 1. The van der Waals surface area contributed by atoms with Crippen LogP contribution in [0.5, 0.6) is 0 Å². The van der Waals surface area contributed by atoms with E-state index in [1.807, 2.05) is 0 Å².